The maximum absolute atomic E-state index is 12.6. The Bertz CT molecular complexity index is 527. The summed E-state index contributed by atoms with van der Waals surface area (Å²) in [6.07, 6.45) is 6.99. The molecule has 114 valence electrons. The molecule has 1 N–H and O–H groups in total. The molecule has 6 heteroatoms. The molecule has 2 heterocycles. The van der Waals surface area contributed by atoms with Gasteiger partial charge in [-0.1, -0.05) is 19.8 Å². The average molecular weight is 319 g/mol. The first-order valence-corrected chi connectivity index (χ1v) is 9.28. The van der Waals surface area contributed by atoms with E-state index in [1.165, 1.54) is 12.8 Å². The Hall–Kier alpha value is -0.520. The highest BCUT2D eigenvalue weighted by Gasteiger charge is 2.28. The molecule has 20 heavy (non-hydrogen) atoms. The van der Waals surface area contributed by atoms with Gasteiger partial charge in [0.1, 0.15) is 0 Å². The van der Waals surface area contributed by atoms with Gasteiger partial charge in [-0.25, -0.2) is 8.42 Å². The number of nitrogens with zero attached hydrogens (tertiary/aromatic N) is 1. The topological polar surface area (TPSA) is 53.2 Å². The number of rotatable bonds is 5. The summed E-state index contributed by atoms with van der Waals surface area (Å²) in [5, 5.41) is 0. The van der Waals surface area contributed by atoms with Crippen LogP contribution in [0.5, 0.6) is 0 Å². The summed E-state index contributed by atoms with van der Waals surface area (Å²) in [5.41, 5.74) is 0.740. The lowest BCUT2D eigenvalue weighted by Gasteiger charge is -2.19. The molecule has 0 spiro atoms. The van der Waals surface area contributed by atoms with E-state index >= 15 is 0 Å². The summed E-state index contributed by atoms with van der Waals surface area (Å²) < 4.78 is 26.8. The Morgan fingerprint density at radius 2 is 2.20 bits per heavy atom. The van der Waals surface area contributed by atoms with Crippen LogP contribution in [0.25, 0.3) is 0 Å². The lowest BCUT2D eigenvalue weighted by atomic mass is 9.96. The van der Waals surface area contributed by atoms with Crippen LogP contribution in [-0.2, 0) is 15.9 Å². The zero-order chi connectivity index (χ0) is 14.6. The van der Waals surface area contributed by atoms with Gasteiger partial charge in [0.15, 0.2) is 0 Å². The molecule has 0 amide bonds. The van der Waals surface area contributed by atoms with Gasteiger partial charge in [-0.2, -0.15) is 4.31 Å². The number of aromatic amines is 1. The Labute approximate surface area is 126 Å². The van der Waals surface area contributed by atoms with Gasteiger partial charge in [0.05, 0.1) is 10.8 Å². The summed E-state index contributed by atoms with van der Waals surface area (Å²) >= 11 is 5.72. The molecule has 4 nitrogen and oxygen atoms in total. The minimum absolute atomic E-state index is 0.300. The number of hydrogen-bond donors (Lipinski definition) is 1. The number of H-pyrrole nitrogens is 1. The maximum Gasteiger partial charge on any atom is 0.244 e. The van der Waals surface area contributed by atoms with Crippen molar-refractivity contribution in [2.75, 3.05) is 13.1 Å². The maximum atomic E-state index is 12.6. The first-order chi connectivity index (χ1) is 9.57. The van der Waals surface area contributed by atoms with E-state index in [2.05, 4.69) is 11.9 Å². The Morgan fingerprint density at radius 3 is 2.85 bits per heavy atom. The van der Waals surface area contributed by atoms with Gasteiger partial charge in [-0.3, -0.25) is 0 Å². The predicted octanol–water partition coefficient (Wildman–Crippen LogP) is 3.34. The number of halogens is 1. The van der Waals surface area contributed by atoms with Crippen LogP contribution in [0.1, 0.15) is 44.7 Å². The number of sulfonamides is 1. The highest BCUT2D eigenvalue weighted by molar-refractivity contribution is 7.89. The van der Waals surface area contributed by atoms with Gasteiger partial charge in [0.2, 0.25) is 10.0 Å². The van der Waals surface area contributed by atoms with Crippen LogP contribution in [0.15, 0.2) is 17.2 Å². The molecular formula is C14H23ClN2O2S. The average Bonchev–Trinajstić information content (AvgIpc) is 2.80. The van der Waals surface area contributed by atoms with Crippen LogP contribution in [0, 0.1) is 5.92 Å². The second-order valence-corrected chi connectivity index (χ2v) is 7.69. The molecule has 0 saturated carbocycles. The van der Waals surface area contributed by atoms with Crippen LogP contribution < -0.4 is 0 Å². The molecule has 1 unspecified atom stereocenters. The molecule has 1 aliphatic rings. The zero-order valence-electron chi connectivity index (χ0n) is 11.9. The van der Waals surface area contributed by atoms with E-state index < -0.39 is 10.0 Å². The standard InChI is InChI=1S/C14H23ClN2O2S/c1-2-4-12-5-3-7-17(8-6-12)20(18,19)14-9-13(10-15)16-11-14/h9,11-12,16H,2-8,10H2,1H3. The van der Waals surface area contributed by atoms with Crippen LogP contribution in [0.2, 0.25) is 0 Å². The van der Waals surface area contributed by atoms with Crippen molar-refractivity contribution in [3.05, 3.63) is 18.0 Å². The molecule has 2 rings (SSSR count). The van der Waals surface area contributed by atoms with Crippen molar-refractivity contribution in [3.8, 4) is 0 Å². The minimum Gasteiger partial charge on any atom is -0.363 e. The van der Waals surface area contributed by atoms with Crippen molar-refractivity contribution in [1.82, 2.24) is 9.29 Å². The highest BCUT2D eigenvalue weighted by atomic mass is 35.5. The first-order valence-electron chi connectivity index (χ1n) is 7.31. The third-order valence-electron chi connectivity index (χ3n) is 4.00. The lowest BCUT2D eigenvalue weighted by molar-refractivity contribution is 0.400. The smallest absolute Gasteiger partial charge is 0.244 e. The minimum atomic E-state index is -3.37. The summed E-state index contributed by atoms with van der Waals surface area (Å²) in [5.74, 6) is 0.971. The van der Waals surface area contributed by atoms with Crippen molar-refractivity contribution >= 4 is 21.6 Å². The molecule has 1 fully saturated rings. The molecule has 1 atom stereocenters. The van der Waals surface area contributed by atoms with Gasteiger partial charge in [-0.15, -0.1) is 11.6 Å². The fourth-order valence-corrected chi connectivity index (χ4v) is 4.54. The van der Waals surface area contributed by atoms with Gasteiger partial charge in [-0.05, 0) is 31.2 Å². The largest absolute Gasteiger partial charge is 0.363 e. The summed E-state index contributed by atoms with van der Waals surface area (Å²) in [7, 11) is -3.37. The van der Waals surface area contributed by atoms with Gasteiger partial charge in [0.25, 0.3) is 0 Å². The van der Waals surface area contributed by atoms with Gasteiger partial charge in [0, 0.05) is 25.0 Å². The monoisotopic (exact) mass is 318 g/mol. The SMILES string of the molecule is CCCC1CCCN(S(=O)(=O)c2c[nH]c(CCl)c2)CC1. The fourth-order valence-electron chi connectivity index (χ4n) is 2.87. The molecular weight excluding hydrogens is 296 g/mol. The molecule has 1 saturated heterocycles. The third-order valence-corrected chi connectivity index (χ3v) is 6.17. The lowest BCUT2D eigenvalue weighted by Crippen LogP contribution is -2.31. The predicted molar refractivity (Wildman–Crippen MR) is 81.4 cm³/mol. The van der Waals surface area contributed by atoms with Crippen LogP contribution in [0.4, 0.5) is 0 Å². The van der Waals surface area contributed by atoms with E-state index in [-0.39, 0.29) is 0 Å². The Morgan fingerprint density at radius 1 is 1.40 bits per heavy atom. The second kappa shape index (κ2) is 6.96. The summed E-state index contributed by atoms with van der Waals surface area (Å²) in [6, 6.07) is 1.64. The van der Waals surface area contributed by atoms with E-state index in [0.717, 1.165) is 25.0 Å². The number of hydrogen-bond acceptors (Lipinski definition) is 2. The number of aromatic nitrogens is 1. The number of alkyl halides is 1. The van der Waals surface area contributed by atoms with Crippen LogP contribution in [0.3, 0.4) is 0 Å². The van der Waals surface area contributed by atoms with Crippen molar-refractivity contribution in [2.24, 2.45) is 5.92 Å². The van der Waals surface area contributed by atoms with Gasteiger partial charge < -0.3 is 4.98 Å². The first kappa shape index (κ1) is 15.9. The van der Waals surface area contributed by atoms with E-state index in [0.29, 0.717) is 29.8 Å². The molecule has 1 aromatic heterocycles. The van der Waals surface area contributed by atoms with Crippen molar-refractivity contribution in [2.45, 2.75) is 49.8 Å². The number of nitrogens with one attached hydrogen (secondary N) is 1. The molecule has 1 aromatic rings. The fraction of sp³-hybridized carbons (Fsp3) is 0.714. The molecule has 1 aliphatic heterocycles. The molecule has 0 radical (unpaired) electrons. The van der Waals surface area contributed by atoms with Crippen molar-refractivity contribution < 1.29 is 8.42 Å². The van der Waals surface area contributed by atoms with Gasteiger partial charge >= 0.3 is 0 Å². The van der Waals surface area contributed by atoms with E-state index in [9.17, 15) is 8.42 Å². The van der Waals surface area contributed by atoms with Crippen LogP contribution >= 0.6 is 11.6 Å². The van der Waals surface area contributed by atoms with E-state index in [1.807, 2.05) is 0 Å². The Kier molecular flexibility index (Phi) is 5.52. The molecule has 0 aliphatic carbocycles. The Balaban J connectivity index is 2.09. The summed E-state index contributed by atoms with van der Waals surface area (Å²) in [6.45, 7) is 3.45. The molecule has 0 aromatic carbocycles. The van der Waals surface area contributed by atoms with Crippen molar-refractivity contribution in [3.63, 3.8) is 0 Å². The highest BCUT2D eigenvalue weighted by Crippen LogP contribution is 2.26. The quantitative estimate of drug-likeness (QED) is 0.846. The van der Waals surface area contributed by atoms with Crippen LogP contribution in [-0.4, -0.2) is 30.8 Å². The normalized spacial score (nSPS) is 21.8. The zero-order valence-corrected chi connectivity index (χ0v) is 13.5. The van der Waals surface area contributed by atoms with E-state index in [4.69, 9.17) is 11.6 Å². The third kappa shape index (κ3) is 3.57. The molecule has 0 bridgehead atoms. The second-order valence-electron chi connectivity index (χ2n) is 5.48. The summed E-state index contributed by atoms with van der Waals surface area (Å²) in [4.78, 5) is 3.24. The van der Waals surface area contributed by atoms with Crippen molar-refractivity contribution in [1.29, 1.82) is 0 Å². The van der Waals surface area contributed by atoms with E-state index in [1.54, 1.807) is 16.6 Å².